The second-order valence-electron chi connectivity index (χ2n) is 7.72. The highest BCUT2D eigenvalue weighted by atomic mass is 16.3. The first-order valence-corrected chi connectivity index (χ1v) is 10.5. The molecule has 0 saturated carbocycles. The first kappa shape index (κ1) is 21.0. The highest BCUT2D eigenvalue weighted by molar-refractivity contribution is 5.91. The van der Waals surface area contributed by atoms with E-state index in [1.54, 1.807) is 10.9 Å². The highest BCUT2D eigenvalue weighted by Gasteiger charge is 2.19. The average Bonchev–Trinajstić information content (AvgIpc) is 3.43. The van der Waals surface area contributed by atoms with Crippen LogP contribution in [0.3, 0.4) is 0 Å². The molecule has 3 heterocycles. The van der Waals surface area contributed by atoms with Gasteiger partial charge in [-0.25, -0.2) is 4.98 Å². The molecule has 0 atom stereocenters. The number of nitrogens with zero attached hydrogens (tertiary/aromatic N) is 5. The number of hydrogen-bond donors (Lipinski definition) is 1. The Hall–Kier alpha value is -3.23. The van der Waals surface area contributed by atoms with Crippen molar-refractivity contribution in [3.8, 4) is 0 Å². The molecular weight excluding hydrogens is 392 g/mol. The number of nitrogens with one attached hydrogen (secondary N) is 1. The van der Waals surface area contributed by atoms with Crippen molar-refractivity contribution < 1.29 is 9.21 Å². The fourth-order valence-electron chi connectivity index (χ4n) is 3.55. The van der Waals surface area contributed by atoms with Gasteiger partial charge in [0.15, 0.2) is 5.69 Å². The van der Waals surface area contributed by atoms with Crippen molar-refractivity contribution in [2.45, 2.75) is 13.1 Å². The third-order valence-electron chi connectivity index (χ3n) is 5.29. The van der Waals surface area contributed by atoms with E-state index in [1.807, 2.05) is 19.3 Å². The van der Waals surface area contributed by atoms with E-state index >= 15 is 0 Å². The molecule has 0 bridgehead atoms. The zero-order valence-corrected chi connectivity index (χ0v) is 17.8. The number of benzene rings is 1. The van der Waals surface area contributed by atoms with Crippen molar-refractivity contribution in [3.63, 3.8) is 0 Å². The molecule has 1 N–H and O–H groups in total. The Morgan fingerprint density at radius 1 is 1.16 bits per heavy atom. The largest absolute Gasteiger partial charge is 0.447 e. The minimum absolute atomic E-state index is 0.242. The van der Waals surface area contributed by atoms with E-state index in [9.17, 15) is 4.79 Å². The number of hydrogen-bond acceptors (Lipinski definition) is 6. The number of aryl methyl sites for hydroxylation is 1. The summed E-state index contributed by atoms with van der Waals surface area (Å²) in [5.41, 5.74) is 2.48. The molecule has 8 heteroatoms. The van der Waals surface area contributed by atoms with Crippen LogP contribution in [0.1, 0.15) is 27.5 Å². The molecule has 4 rings (SSSR count). The van der Waals surface area contributed by atoms with Crippen LogP contribution in [0.4, 0.5) is 0 Å². The van der Waals surface area contributed by atoms with Crippen molar-refractivity contribution in [1.29, 1.82) is 0 Å². The predicted molar refractivity (Wildman–Crippen MR) is 118 cm³/mol. The van der Waals surface area contributed by atoms with Crippen molar-refractivity contribution in [2.75, 3.05) is 32.7 Å². The molecule has 162 valence electrons. The van der Waals surface area contributed by atoms with Crippen LogP contribution in [0.25, 0.3) is 6.08 Å². The summed E-state index contributed by atoms with van der Waals surface area (Å²) in [6.07, 6.45) is 9.41. The fraction of sp³-hybridized carbons (Fsp3) is 0.348. The van der Waals surface area contributed by atoms with Gasteiger partial charge in [-0.15, -0.1) is 0 Å². The summed E-state index contributed by atoms with van der Waals surface area (Å²) < 4.78 is 7.23. The molecule has 3 aromatic rings. The average molecular weight is 421 g/mol. The van der Waals surface area contributed by atoms with Crippen LogP contribution in [0.5, 0.6) is 0 Å². The lowest BCUT2D eigenvalue weighted by Gasteiger charge is -2.33. The summed E-state index contributed by atoms with van der Waals surface area (Å²) in [5.74, 6) is 0.331. The van der Waals surface area contributed by atoms with Gasteiger partial charge in [-0.2, -0.15) is 5.10 Å². The van der Waals surface area contributed by atoms with E-state index in [2.05, 4.69) is 61.6 Å². The van der Waals surface area contributed by atoms with Gasteiger partial charge in [0.05, 0.1) is 12.7 Å². The Morgan fingerprint density at radius 3 is 2.68 bits per heavy atom. The molecule has 1 aliphatic rings. The zero-order valence-electron chi connectivity index (χ0n) is 17.8. The van der Waals surface area contributed by atoms with Crippen LogP contribution >= 0.6 is 0 Å². The van der Waals surface area contributed by atoms with E-state index in [0.29, 0.717) is 24.7 Å². The lowest BCUT2D eigenvalue weighted by molar-refractivity contribution is 0.0945. The molecule has 0 unspecified atom stereocenters. The number of carbonyl (C=O) groups is 1. The third kappa shape index (κ3) is 6.13. The molecule has 2 aromatic heterocycles. The molecular formula is C23H28N6O2. The van der Waals surface area contributed by atoms with Crippen LogP contribution in [0.15, 0.2) is 59.5 Å². The standard InChI is InChI=1S/C23H28N6O2/c1-27-16-20(15-25-27)14-24-23(30)21-18-31-22(26-21)17-29-12-10-28(11-13-29)9-5-8-19-6-3-2-4-7-19/h2-8,15-16,18H,9-14,17H2,1H3,(H,24,30). The predicted octanol–water partition coefficient (Wildman–Crippen LogP) is 2.17. The van der Waals surface area contributed by atoms with Crippen LogP contribution in [0, 0.1) is 0 Å². The maximum Gasteiger partial charge on any atom is 0.273 e. The Kier molecular flexibility index (Phi) is 6.91. The second-order valence-corrected chi connectivity index (χ2v) is 7.72. The minimum atomic E-state index is -0.242. The Bertz CT molecular complexity index is 1000. The number of aromatic nitrogens is 3. The van der Waals surface area contributed by atoms with Gasteiger partial charge < -0.3 is 9.73 Å². The van der Waals surface area contributed by atoms with Crippen LogP contribution < -0.4 is 5.32 Å². The molecule has 1 aromatic carbocycles. The maximum atomic E-state index is 12.3. The summed E-state index contributed by atoms with van der Waals surface area (Å²) in [5, 5.41) is 6.93. The van der Waals surface area contributed by atoms with Gasteiger partial charge in [0.25, 0.3) is 5.91 Å². The molecule has 0 spiro atoms. The van der Waals surface area contributed by atoms with Gasteiger partial charge in [-0.05, 0) is 5.56 Å². The van der Waals surface area contributed by atoms with Crippen molar-refractivity contribution in [1.82, 2.24) is 29.9 Å². The summed E-state index contributed by atoms with van der Waals surface area (Å²) in [6, 6.07) is 10.4. The third-order valence-corrected chi connectivity index (χ3v) is 5.29. The zero-order chi connectivity index (χ0) is 21.5. The van der Waals surface area contributed by atoms with Crippen molar-refractivity contribution in [2.24, 2.45) is 7.05 Å². The number of amides is 1. The van der Waals surface area contributed by atoms with Crippen molar-refractivity contribution in [3.05, 3.63) is 77.8 Å². The molecule has 8 nitrogen and oxygen atoms in total. The van der Waals surface area contributed by atoms with Gasteiger partial charge in [-0.1, -0.05) is 42.5 Å². The normalized spacial score (nSPS) is 15.5. The smallest absolute Gasteiger partial charge is 0.273 e. The first-order chi connectivity index (χ1) is 15.2. The quantitative estimate of drug-likeness (QED) is 0.602. The molecule has 31 heavy (non-hydrogen) atoms. The van der Waals surface area contributed by atoms with Crippen LogP contribution in [-0.2, 0) is 20.1 Å². The molecule has 1 aliphatic heterocycles. The molecule has 1 amide bonds. The van der Waals surface area contributed by atoms with Crippen LogP contribution in [0.2, 0.25) is 0 Å². The maximum absolute atomic E-state index is 12.3. The second kappa shape index (κ2) is 10.2. The summed E-state index contributed by atoms with van der Waals surface area (Å²) in [4.78, 5) is 21.4. The van der Waals surface area contributed by atoms with Crippen molar-refractivity contribution >= 4 is 12.0 Å². The Balaban J connectivity index is 1.19. The van der Waals surface area contributed by atoms with Gasteiger partial charge in [0.1, 0.15) is 6.26 Å². The van der Waals surface area contributed by atoms with Gasteiger partial charge >= 0.3 is 0 Å². The first-order valence-electron chi connectivity index (χ1n) is 10.5. The molecule has 0 aliphatic carbocycles. The van der Waals surface area contributed by atoms with E-state index in [4.69, 9.17) is 4.42 Å². The lowest BCUT2D eigenvalue weighted by atomic mass is 10.2. The number of rotatable bonds is 8. The summed E-state index contributed by atoms with van der Waals surface area (Å²) in [7, 11) is 1.84. The van der Waals surface area contributed by atoms with E-state index in [0.717, 1.165) is 38.3 Å². The Labute approximate surface area is 182 Å². The molecule has 1 fully saturated rings. The topological polar surface area (TPSA) is 79.4 Å². The van der Waals surface area contributed by atoms with Gasteiger partial charge in [0, 0.05) is 58.1 Å². The monoisotopic (exact) mass is 420 g/mol. The lowest BCUT2D eigenvalue weighted by Crippen LogP contribution is -2.45. The molecule has 1 saturated heterocycles. The van der Waals surface area contributed by atoms with Gasteiger partial charge in [0.2, 0.25) is 5.89 Å². The Morgan fingerprint density at radius 2 is 1.94 bits per heavy atom. The summed E-state index contributed by atoms with van der Waals surface area (Å²) in [6.45, 7) is 5.87. The number of carbonyl (C=O) groups excluding carboxylic acids is 1. The molecule has 0 radical (unpaired) electrons. The summed E-state index contributed by atoms with van der Waals surface area (Å²) >= 11 is 0. The van der Waals surface area contributed by atoms with Crippen LogP contribution in [-0.4, -0.2) is 63.2 Å². The number of oxazole rings is 1. The fourth-order valence-corrected chi connectivity index (χ4v) is 3.55. The highest BCUT2D eigenvalue weighted by Crippen LogP contribution is 2.10. The number of piperazine rings is 1. The van der Waals surface area contributed by atoms with E-state index < -0.39 is 0 Å². The van der Waals surface area contributed by atoms with E-state index in [-0.39, 0.29) is 5.91 Å². The van der Waals surface area contributed by atoms with Gasteiger partial charge in [-0.3, -0.25) is 19.3 Å². The minimum Gasteiger partial charge on any atom is -0.447 e. The SMILES string of the molecule is Cn1cc(CNC(=O)c2coc(CN3CCN(CC=Cc4ccccc4)CC3)n2)cn1. The van der Waals surface area contributed by atoms with E-state index in [1.165, 1.54) is 11.8 Å².